The normalized spacial score (nSPS) is 14.0. The number of ether oxygens (including phenoxy) is 1. The van der Waals surface area contributed by atoms with Crippen molar-refractivity contribution in [3.63, 3.8) is 0 Å². The molecule has 0 radical (unpaired) electrons. The first kappa shape index (κ1) is 23.3. The van der Waals surface area contributed by atoms with E-state index in [1.54, 1.807) is 31.6 Å². The Hall–Kier alpha value is -3.85. The molecule has 9 nitrogen and oxygen atoms in total. The van der Waals surface area contributed by atoms with Gasteiger partial charge in [-0.1, -0.05) is 6.07 Å². The maximum absolute atomic E-state index is 13.4. The molecule has 0 aliphatic carbocycles. The number of piperazine rings is 1. The van der Waals surface area contributed by atoms with Gasteiger partial charge in [-0.05, 0) is 50.4 Å². The molecule has 1 fully saturated rings. The lowest BCUT2D eigenvalue weighted by atomic mass is 10.1. The Morgan fingerprint density at radius 3 is 2.65 bits per heavy atom. The molecule has 34 heavy (non-hydrogen) atoms. The van der Waals surface area contributed by atoms with Crippen LogP contribution in [-0.4, -0.2) is 67.7 Å². The van der Waals surface area contributed by atoms with E-state index < -0.39 is 11.5 Å². The summed E-state index contributed by atoms with van der Waals surface area (Å²) in [7, 11) is 3.74. The van der Waals surface area contributed by atoms with Gasteiger partial charge in [-0.15, -0.1) is 0 Å². The van der Waals surface area contributed by atoms with E-state index in [1.807, 2.05) is 42.2 Å². The number of pyridine rings is 2. The van der Waals surface area contributed by atoms with Gasteiger partial charge in [0, 0.05) is 50.8 Å². The van der Waals surface area contributed by atoms with Crippen molar-refractivity contribution in [3.8, 4) is 5.75 Å². The zero-order valence-corrected chi connectivity index (χ0v) is 19.7. The summed E-state index contributed by atoms with van der Waals surface area (Å²) in [4.78, 5) is 39.5. The third kappa shape index (κ3) is 4.89. The summed E-state index contributed by atoms with van der Waals surface area (Å²) in [6.45, 7) is 6.11. The van der Waals surface area contributed by atoms with E-state index in [4.69, 9.17) is 4.74 Å². The number of nitrogens with zero attached hydrogens (tertiary/aromatic N) is 4. The molecule has 4 rings (SSSR count). The van der Waals surface area contributed by atoms with Crippen LogP contribution in [0.25, 0.3) is 0 Å². The highest BCUT2D eigenvalue weighted by molar-refractivity contribution is 6.08. The van der Waals surface area contributed by atoms with E-state index in [-0.39, 0.29) is 5.56 Å². The van der Waals surface area contributed by atoms with Crippen LogP contribution in [0.1, 0.15) is 17.3 Å². The first-order chi connectivity index (χ1) is 16.5. The number of methoxy groups -OCH3 is 1. The lowest BCUT2D eigenvalue weighted by Crippen LogP contribution is -2.44. The molecule has 0 spiro atoms. The summed E-state index contributed by atoms with van der Waals surface area (Å²) in [5, 5.41) is 2.91. The zero-order valence-electron chi connectivity index (χ0n) is 19.7. The maximum atomic E-state index is 13.4. The largest absolute Gasteiger partial charge is 0.495 e. The maximum Gasteiger partial charge on any atom is 0.263 e. The van der Waals surface area contributed by atoms with Gasteiger partial charge in [0.15, 0.2) is 0 Å². The number of amides is 1. The Labute approximate surface area is 199 Å². The van der Waals surface area contributed by atoms with Gasteiger partial charge in [-0.25, -0.2) is 4.98 Å². The van der Waals surface area contributed by atoms with E-state index in [9.17, 15) is 9.59 Å². The number of H-pyrrole nitrogens is 1. The topological polar surface area (TPSA) is 93.8 Å². The average molecular weight is 463 g/mol. The van der Waals surface area contributed by atoms with Gasteiger partial charge in [0.25, 0.3) is 11.5 Å². The van der Waals surface area contributed by atoms with Crippen molar-refractivity contribution in [3.05, 3.63) is 70.8 Å². The van der Waals surface area contributed by atoms with Crippen LogP contribution in [0.5, 0.6) is 5.75 Å². The molecule has 1 amide bonds. The van der Waals surface area contributed by atoms with Crippen LogP contribution in [-0.2, 0) is 0 Å². The van der Waals surface area contributed by atoms with Gasteiger partial charge in [0.2, 0.25) is 0 Å². The van der Waals surface area contributed by atoms with Crippen molar-refractivity contribution in [1.29, 1.82) is 0 Å². The first-order valence-corrected chi connectivity index (χ1v) is 11.3. The molecule has 0 bridgehead atoms. The molecule has 3 aromatic rings. The van der Waals surface area contributed by atoms with Crippen LogP contribution in [0.15, 0.2) is 59.7 Å². The first-order valence-electron chi connectivity index (χ1n) is 11.3. The highest BCUT2D eigenvalue weighted by Gasteiger charge is 2.23. The van der Waals surface area contributed by atoms with Crippen LogP contribution >= 0.6 is 0 Å². The molecule has 2 N–H and O–H groups in total. The second-order valence-electron chi connectivity index (χ2n) is 8.13. The molecule has 1 aromatic carbocycles. The van der Waals surface area contributed by atoms with Gasteiger partial charge in [0.1, 0.15) is 17.1 Å². The van der Waals surface area contributed by atoms with Crippen LogP contribution in [0.4, 0.5) is 22.9 Å². The average Bonchev–Trinajstić information content (AvgIpc) is 2.85. The number of nitrogens with one attached hydrogen (secondary N) is 2. The SMILES string of the molecule is CCN(c1ccccn1)c1cc[nH]c(=O)c1C(=O)Nc1ccc(OC)c(N2CCN(C)CC2)c1. The van der Waals surface area contributed by atoms with E-state index in [1.165, 1.54) is 0 Å². The summed E-state index contributed by atoms with van der Waals surface area (Å²) in [5.74, 6) is 0.917. The molecule has 0 saturated carbocycles. The number of aromatic nitrogens is 2. The van der Waals surface area contributed by atoms with Crippen molar-refractivity contribution < 1.29 is 9.53 Å². The second kappa shape index (κ2) is 10.4. The second-order valence-corrected chi connectivity index (χ2v) is 8.13. The molecule has 0 atom stereocenters. The van der Waals surface area contributed by atoms with E-state index in [0.717, 1.165) is 37.6 Å². The van der Waals surface area contributed by atoms with Gasteiger partial charge in [0.05, 0.1) is 18.5 Å². The van der Waals surface area contributed by atoms with Crippen LogP contribution in [0.3, 0.4) is 0 Å². The summed E-state index contributed by atoms with van der Waals surface area (Å²) >= 11 is 0. The van der Waals surface area contributed by atoms with Crippen molar-refractivity contribution in [2.24, 2.45) is 0 Å². The van der Waals surface area contributed by atoms with Crippen LogP contribution < -0.4 is 25.4 Å². The number of aromatic amines is 1. The Kier molecular flexibility index (Phi) is 7.12. The fourth-order valence-electron chi connectivity index (χ4n) is 4.14. The zero-order chi connectivity index (χ0) is 24.1. The molecular formula is C25H30N6O3. The van der Waals surface area contributed by atoms with Crippen LogP contribution in [0, 0.1) is 0 Å². The molecular weight excluding hydrogens is 432 g/mol. The quantitative estimate of drug-likeness (QED) is 0.558. The number of carbonyl (C=O) groups is 1. The molecule has 1 saturated heterocycles. The fraction of sp³-hybridized carbons (Fsp3) is 0.320. The van der Waals surface area contributed by atoms with Gasteiger partial charge in [-0.2, -0.15) is 0 Å². The Morgan fingerprint density at radius 1 is 1.18 bits per heavy atom. The number of hydrogen-bond donors (Lipinski definition) is 2. The lowest BCUT2D eigenvalue weighted by molar-refractivity contribution is 0.102. The number of rotatable bonds is 7. The fourth-order valence-corrected chi connectivity index (χ4v) is 4.14. The van der Waals surface area contributed by atoms with E-state index >= 15 is 0 Å². The van der Waals surface area contributed by atoms with Crippen LogP contribution in [0.2, 0.25) is 0 Å². The predicted octanol–water partition coefficient (Wildman–Crippen LogP) is 2.94. The predicted molar refractivity (Wildman–Crippen MR) is 135 cm³/mol. The number of likely N-dealkylation sites (N-methyl/N-ethyl adjacent to an activating group) is 1. The van der Waals surface area contributed by atoms with Gasteiger partial charge in [-0.3, -0.25) is 9.59 Å². The Balaban J connectivity index is 1.65. The number of carbonyl (C=O) groups excluding carboxylic acids is 1. The lowest BCUT2D eigenvalue weighted by Gasteiger charge is -2.35. The molecule has 3 heterocycles. The third-order valence-corrected chi connectivity index (χ3v) is 5.98. The molecule has 1 aliphatic heterocycles. The summed E-state index contributed by atoms with van der Waals surface area (Å²) in [6, 6.07) is 12.8. The molecule has 9 heteroatoms. The van der Waals surface area contributed by atoms with Gasteiger partial charge >= 0.3 is 0 Å². The summed E-state index contributed by atoms with van der Waals surface area (Å²) in [5.41, 5.74) is 1.58. The Morgan fingerprint density at radius 2 is 1.97 bits per heavy atom. The standard InChI is InChI=1S/C25H30N6O3/c1-4-31(22-7-5-6-11-26-22)19-10-12-27-24(32)23(19)25(33)28-18-8-9-21(34-3)20(17-18)30-15-13-29(2)14-16-30/h5-12,17H,4,13-16H2,1-3H3,(H,27,32)(H,28,33). The minimum absolute atomic E-state index is 0.0342. The van der Waals surface area contributed by atoms with E-state index in [2.05, 4.69) is 32.1 Å². The molecule has 178 valence electrons. The number of hydrogen-bond acceptors (Lipinski definition) is 7. The third-order valence-electron chi connectivity index (χ3n) is 5.98. The molecule has 2 aromatic heterocycles. The highest BCUT2D eigenvalue weighted by atomic mass is 16.5. The van der Waals surface area contributed by atoms with Crippen molar-refractivity contribution >= 4 is 28.8 Å². The van der Waals surface area contributed by atoms with Crippen molar-refractivity contribution in [2.75, 3.05) is 62.0 Å². The summed E-state index contributed by atoms with van der Waals surface area (Å²) in [6.07, 6.45) is 3.22. The number of benzene rings is 1. The van der Waals surface area contributed by atoms with Crippen molar-refractivity contribution in [1.82, 2.24) is 14.9 Å². The molecule has 1 aliphatic rings. The number of anilines is 4. The molecule has 0 unspecified atom stereocenters. The van der Waals surface area contributed by atoms with E-state index in [0.29, 0.717) is 23.7 Å². The van der Waals surface area contributed by atoms with Gasteiger partial charge < -0.3 is 29.7 Å². The Bertz CT molecular complexity index is 1190. The summed E-state index contributed by atoms with van der Waals surface area (Å²) < 4.78 is 5.57. The smallest absolute Gasteiger partial charge is 0.263 e. The minimum Gasteiger partial charge on any atom is -0.495 e. The minimum atomic E-state index is -0.485. The van der Waals surface area contributed by atoms with Crippen molar-refractivity contribution in [2.45, 2.75) is 6.92 Å². The highest BCUT2D eigenvalue weighted by Crippen LogP contribution is 2.32. The monoisotopic (exact) mass is 462 g/mol.